The van der Waals surface area contributed by atoms with Gasteiger partial charge in [-0.3, -0.25) is 9.69 Å². The molecule has 2 aromatic rings. The molecule has 0 radical (unpaired) electrons. The Balaban J connectivity index is 1.94. The van der Waals surface area contributed by atoms with E-state index in [0.29, 0.717) is 5.56 Å². The first-order valence-electron chi connectivity index (χ1n) is 7.52. The molecule has 0 aliphatic carbocycles. The van der Waals surface area contributed by atoms with Gasteiger partial charge in [-0.05, 0) is 29.3 Å². The first kappa shape index (κ1) is 16.4. The number of fused-ring (bicyclic) bond motifs is 1. The summed E-state index contributed by atoms with van der Waals surface area (Å²) in [5.74, 6) is -0.689. The fourth-order valence-electron chi connectivity index (χ4n) is 2.85. The summed E-state index contributed by atoms with van der Waals surface area (Å²) in [4.78, 5) is 25.9. The van der Waals surface area contributed by atoms with Gasteiger partial charge in [0.15, 0.2) is 0 Å². The van der Waals surface area contributed by atoms with Crippen molar-refractivity contribution in [3.63, 3.8) is 0 Å². The van der Waals surface area contributed by atoms with Gasteiger partial charge in [0, 0.05) is 12.8 Å². The molecule has 1 heterocycles. The van der Waals surface area contributed by atoms with E-state index >= 15 is 0 Å². The highest BCUT2D eigenvalue weighted by Crippen LogP contribution is 2.30. The van der Waals surface area contributed by atoms with Crippen molar-refractivity contribution in [3.8, 4) is 0 Å². The Bertz CT molecular complexity index is 939. The molecule has 0 spiro atoms. The summed E-state index contributed by atoms with van der Waals surface area (Å²) >= 11 is 0. The molecule has 1 fully saturated rings. The first-order valence-corrected chi connectivity index (χ1v) is 9.58. The highest BCUT2D eigenvalue weighted by atomic mass is 32.2. The standard InChI is InChI=1S/C17H18N2O4S/c1-17(14-8-7-12-5-3-4-6-13(12)11-14)15(20)19(16(21)18-17)9-10-24(2,22)23/h3-8,11H,9-10H2,1-2H3,(H,18,21)/t17-/m1/s1. The second kappa shape index (κ2) is 5.59. The number of urea groups is 1. The van der Waals surface area contributed by atoms with E-state index in [4.69, 9.17) is 0 Å². The molecule has 3 amide bonds. The van der Waals surface area contributed by atoms with Crippen LogP contribution in [0, 0.1) is 0 Å². The molecular formula is C17H18N2O4S. The predicted octanol–water partition coefficient (Wildman–Crippen LogP) is 1.65. The summed E-state index contributed by atoms with van der Waals surface area (Å²) in [6, 6.07) is 12.7. The number of hydrogen-bond donors (Lipinski definition) is 1. The van der Waals surface area contributed by atoms with Gasteiger partial charge in [-0.25, -0.2) is 13.2 Å². The monoisotopic (exact) mass is 346 g/mol. The Morgan fingerprint density at radius 2 is 1.75 bits per heavy atom. The van der Waals surface area contributed by atoms with E-state index in [1.54, 1.807) is 13.0 Å². The highest BCUT2D eigenvalue weighted by molar-refractivity contribution is 7.90. The number of amides is 3. The van der Waals surface area contributed by atoms with Crippen molar-refractivity contribution in [2.24, 2.45) is 0 Å². The normalized spacial score (nSPS) is 21.3. The van der Waals surface area contributed by atoms with Crippen molar-refractivity contribution in [1.29, 1.82) is 0 Å². The lowest BCUT2D eigenvalue weighted by Gasteiger charge is -2.22. The molecule has 3 rings (SSSR count). The van der Waals surface area contributed by atoms with Crippen LogP contribution in [0.1, 0.15) is 12.5 Å². The van der Waals surface area contributed by atoms with Crippen LogP contribution in [0.25, 0.3) is 10.8 Å². The molecule has 0 bridgehead atoms. The first-order chi connectivity index (χ1) is 11.2. The lowest BCUT2D eigenvalue weighted by Crippen LogP contribution is -2.41. The molecule has 24 heavy (non-hydrogen) atoms. The van der Waals surface area contributed by atoms with Crippen LogP contribution in [0.5, 0.6) is 0 Å². The minimum atomic E-state index is -3.26. The Morgan fingerprint density at radius 3 is 2.42 bits per heavy atom. The van der Waals surface area contributed by atoms with Gasteiger partial charge in [-0.1, -0.05) is 36.4 Å². The molecule has 0 saturated carbocycles. The van der Waals surface area contributed by atoms with E-state index in [1.807, 2.05) is 36.4 Å². The fraction of sp³-hybridized carbons (Fsp3) is 0.294. The van der Waals surface area contributed by atoms with Crippen LogP contribution in [0.2, 0.25) is 0 Å². The van der Waals surface area contributed by atoms with Crippen LogP contribution in [-0.2, 0) is 20.2 Å². The summed E-state index contributed by atoms with van der Waals surface area (Å²) in [5.41, 5.74) is -0.528. The van der Waals surface area contributed by atoms with Gasteiger partial charge >= 0.3 is 6.03 Å². The minimum Gasteiger partial charge on any atom is -0.319 e. The summed E-state index contributed by atoms with van der Waals surface area (Å²) < 4.78 is 22.6. The van der Waals surface area contributed by atoms with E-state index in [2.05, 4.69) is 5.32 Å². The maximum atomic E-state index is 12.7. The van der Waals surface area contributed by atoms with E-state index in [1.165, 1.54) is 0 Å². The van der Waals surface area contributed by atoms with Gasteiger partial charge < -0.3 is 5.32 Å². The summed E-state index contributed by atoms with van der Waals surface area (Å²) in [6.45, 7) is 1.49. The van der Waals surface area contributed by atoms with E-state index in [-0.39, 0.29) is 12.3 Å². The van der Waals surface area contributed by atoms with Crippen LogP contribution >= 0.6 is 0 Å². The Labute approximate surface area is 140 Å². The van der Waals surface area contributed by atoms with Crippen LogP contribution in [0.15, 0.2) is 42.5 Å². The average Bonchev–Trinajstić information content (AvgIpc) is 2.74. The zero-order chi connectivity index (χ0) is 17.5. The molecule has 1 aliphatic heterocycles. The van der Waals surface area contributed by atoms with Crippen LogP contribution in [0.4, 0.5) is 4.79 Å². The van der Waals surface area contributed by atoms with Crippen molar-refractivity contribution in [3.05, 3.63) is 48.0 Å². The van der Waals surface area contributed by atoms with Crippen LogP contribution in [-0.4, -0.2) is 43.8 Å². The number of rotatable bonds is 4. The molecule has 1 atom stereocenters. The predicted molar refractivity (Wildman–Crippen MR) is 91.3 cm³/mol. The molecule has 0 aromatic heterocycles. The number of hydrogen-bond acceptors (Lipinski definition) is 4. The summed E-state index contributed by atoms with van der Waals surface area (Å²) in [7, 11) is -3.26. The number of carbonyl (C=O) groups excluding carboxylic acids is 2. The Morgan fingerprint density at radius 1 is 1.08 bits per heavy atom. The fourth-order valence-corrected chi connectivity index (χ4v) is 3.37. The summed E-state index contributed by atoms with van der Waals surface area (Å²) in [5, 5.41) is 4.69. The SMILES string of the molecule is C[C@]1(c2ccc3ccccc3c2)NC(=O)N(CCS(C)(=O)=O)C1=O. The number of nitrogens with one attached hydrogen (secondary N) is 1. The third-order valence-corrected chi connectivity index (χ3v) is 5.21. The van der Waals surface area contributed by atoms with Crippen molar-refractivity contribution >= 4 is 32.5 Å². The molecule has 1 N–H and O–H groups in total. The number of benzene rings is 2. The van der Waals surface area contributed by atoms with Crippen molar-refractivity contribution in [2.75, 3.05) is 18.6 Å². The van der Waals surface area contributed by atoms with Crippen LogP contribution < -0.4 is 5.32 Å². The Hall–Kier alpha value is -2.41. The van der Waals surface area contributed by atoms with Gasteiger partial charge in [0.2, 0.25) is 0 Å². The number of carbonyl (C=O) groups is 2. The van der Waals surface area contributed by atoms with Crippen molar-refractivity contribution in [1.82, 2.24) is 10.2 Å². The topological polar surface area (TPSA) is 83.6 Å². The lowest BCUT2D eigenvalue weighted by atomic mass is 9.90. The summed E-state index contributed by atoms with van der Waals surface area (Å²) in [6.07, 6.45) is 1.08. The quantitative estimate of drug-likeness (QED) is 0.853. The molecule has 0 unspecified atom stereocenters. The maximum absolute atomic E-state index is 12.7. The van der Waals surface area contributed by atoms with Crippen molar-refractivity contribution in [2.45, 2.75) is 12.5 Å². The van der Waals surface area contributed by atoms with Crippen LogP contribution in [0.3, 0.4) is 0 Å². The molecule has 1 saturated heterocycles. The zero-order valence-corrected chi connectivity index (χ0v) is 14.3. The molecule has 7 heteroatoms. The highest BCUT2D eigenvalue weighted by Gasteiger charge is 2.48. The third-order valence-electron chi connectivity index (χ3n) is 4.29. The van der Waals surface area contributed by atoms with Crippen molar-refractivity contribution < 1.29 is 18.0 Å². The molecular weight excluding hydrogens is 328 g/mol. The van der Waals surface area contributed by atoms with E-state index in [9.17, 15) is 18.0 Å². The third kappa shape index (κ3) is 2.87. The van der Waals surface area contributed by atoms with Gasteiger partial charge in [0.25, 0.3) is 5.91 Å². The average molecular weight is 346 g/mol. The van der Waals surface area contributed by atoms with Gasteiger partial charge in [-0.2, -0.15) is 0 Å². The maximum Gasteiger partial charge on any atom is 0.325 e. The second-order valence-corrected chi connectivity index (χ2v) is 8.46. The smallest absolute Gasteiger partial charge is 0.319 e. The largest absolute Gasteiger partial charge is 0.325 e. The number of imide groups is 1. The van der Waals surface area contributed by atoms with Gasteiger partial charge in [0.1, 0.15) is 15.4 Å². The second-order valence-electron chi connectivity index (χ2n) is 6.20. The molecule has 6 nitrogen and oxygen atoms in total. The van der Waals surface area contributed by atoms with E-state index < -0.39 is 27.3 Å². The zero-order valence-electron chi connectivity index (χ0n) is 13.4. The van der Waals surface area contributed by atoms with Gasteiger partial charge in [0.05, 0.1) is 5.75 Å². The van der Waals surface area contributed by atoms with E-state index in [0.717, 1.165) is 21.9 Å². The Kier molecular flexibility index (Phi) is 3.83. The number of nitrogens with zero attached hydrogens (tertiary/aromatic N) is 1. The molecule has 2 aromatic carbocycles. The molecule has 126 valence electrons. The molecule has 1 aliphatic rings. The minimum absolute atomic E-state index is 0.146. The number of sulfone groups is 1. The lowest BCUT2D eigenvalue weighted by molar-refractivity contribution is -0.130. The van der Waals surface area contributed by atoms with Gasteiger partial charge in [-0.15, -0.1) is 0 Å².